The molecule has 0 bridgehead atoms. The Balaban J connectivity index is 1.40. The maximum Gasteiger partial charge on any atom is 0.321 e. The first-order valence-corrected chi connectivity index (χ1v) is 13.9. The molecule has 6 nitrogen and oxygen atoms in total. The van der Waals surface area contributed by atoms with E-state index in [-0.39, 0.29) is 6.03 Å². The molecule has 0 unspecified atom stereocenters. The van der Waals surface area contributed by atoms with Gasteiger partial charge in [0.25, 0.3) is 0 Å². The molecule has 0 aliphatic carbocycles. The van der Waals surface area contributed by atoms with Gasteiger partial charge in [-0.05, 0) is 49.2 Å². The van der Waals surface area contributed by atoms with Crippen LogP contribution in [0, 0.1) is 6.92 Å². The number of urea groups is 1. The van der Waals surface area contributed by atoms with Crippen LogP contribution in [0.4, 0.5) is 16.3 Å². The Morgan fingerprint density at radius 3 is 2.38 bits per heavy atom. The van der Waals surface area contributed by atoms with Gasteiger partial charge in [-0.15, -0.1) is 0 Å². The van der Waals surface area contributed by atoms with Crippen molar-refractivity contribution in [2.45, 2.75) is 19.8 Å². The maximum absolute atomic E-state index is 13.1. The molecule has 5 rings (SSSR count). The van der Waals surface area contributed by atoms with Crippen molar-refractivity contribution in [2.75, 3.05) is 36.4 Å². The van der Waals surface area contributed by atoms with Gasteiger partial charge in [0.2, 0.25) is 0 Å². The van der Waals surface area contributed by atoms with E-state index in [0.29, 0.717) is 52.6 Å². The van der Waals surface area contributed by atoms with E-state index in [1.54, 1.807) is 18.2 Å². The molecule has 3 aromatic carbocycles. The molecule has 2 heterocycles. The normalized spacial score (nSPS) is 13.7. The van der Waals surface area contributed by atoms with Gasteiger partial charge in [0, 0.05) is 60.1 Å². The molecule has 1 fully saturated rings. The molecule has 1 saturated heterocycles. The van der Waals surface area contributed by atoms with Gasteiger partial charge < -0.3 is 15.1 Å². The molecule has 0 radical (unpaired) electrons. The van der Waals surface area contributed by atoms with Crippen LogP contribution in [0.1, 0.15) is 23.2 Å². The molecular formula is C30H28Cl3N5O. The number of nitrogens with zero attached hydrogens (tertiary/aromatic N) is 4. The third kappa shape index (κ3) is 6.64. The highest BCUT2D eigenvalue weighted by Gasteiger charge is 2.24. The predicted octanol–water partition coefficient (Wildman–Crippen LogP) is 7.75. The molecule has 0 atom stereocenters. The fourth-order valence-corrected chi connectivity index (χ4v) is 5.11. The summed E-state index contributed by atoms with van der Waals surface area (Å²) in [5, 5.41) is 4.50. The summed E-state index contributed by atoms with van der Waals surface area (Å²) in [6.45, 7) is 4.64. The lowest BCUT2D eigenvalue weighted by molar-refractivity contribution is 0.215. The smallest absolute Gasteiger partial charge is 0.321 e. The lowest BCUT2D eigenvalue weighted by Gasteiger charge is -2.26. The number of aromatic nitrogens is 2. The summed E-state index contributed by atoms with van der Waals surface area (Å²) in [6, 6.07) is 22.8. The van der Waals surface area contributed by atoms with Crippen molar-refractivity contribution in [3.8, 4) is 11.4 Å². The zero-order valence-corrected chi connectivity index (χ0v) is 23.8. The zero-order valence-electron chi connectivity index (χ0n) is 21.5. The van der Waals surface area contributed by atoms with E-state index >= 15 is 0 Å². The molecule has 1 aromatic heterocycles. The van der Waals surface area contributed by atoms with Crippen molar-refractivity contribution >= 4 is 52.3 Å². The van der Waals surface area contributed by atoms with E-state index in [9.17, 15) is 4.79 Å². The molecular weight excluding hydrogens is 553 g/mol. The van der Waals surface area contributed by atoms with E-state index in [2.05, 4.69) is 10.2 Å². The Hall–Kier alpha value is -3.32. The predicted molar refractivity (Wildman–Crippen MR) is 160 cm³/mol. The largest absolute Gasteiger partial charge is 0.354 e. The number of anilines is 2. The summed E-state index contributed by atoms with van der Waals surface area (Å²) in [5.74, 6) is 1.60. The van der Waals surface area contributed by atoms with Crippen molar-refractivity contribution in [3.05, 3.63) is 105 Å². The SMILES string of the molecule is Cc1nc(-c2ccccc2)nc(N2CCCN(C(=O)Nc3ccc(Cl)c(Cl)c3)CC2)c1Cc1ccc(Cl)cc1. The van der Waals surface area contributed by atoms with Crippen LogP contribution in [0.25, 0.3) is 11.4 Å². The maximum atomic E-state index is 13.1. The number of benzene rings is 3. The van der Waals surface area contributed by atoms with Crippen LogP contribution in [0.3, 0.4) is 0 Å². The monoisotopic (exact) mass is 579 g/mol. The first-order valence-electron chi connectivity index (χ1n) is 12.8. The second-order valence-electron chi connectivity index (χ2n) is 9.49. The standard InChI is InChI=1S/C30H28Cl3N5O/c1-20-25(18-21-8-10-23(31)11-9-21)29(36-28(34-20)22-6-3-2-4-7-22)37-14-5-15-38(17-16-37)30(39)35-24-12-13-26(32)27(33)19-24/h2-4,6-13,19H,5,14-18H2,1H3,(H,35,39). The number of carbonyl (C=O) groups excluding carboxylic acids is 1. The number of carbonyl (C=O) groups is 1. The summed E-state index contributed by atoms with van der Waals surface area (Å²) in [6.07, 6.45) is 1.49. The average Bonchev–Trinajstić information content (AvgIpc) is 3.20. The first kappa shape index (κ1) is 27.3. The lowest BCUT2D eigenvalue weighted by Crippen LogP contribution is -2.38. The molecule has 2 amide bonds. The van der Waals surface area contributed by atoms with Crippen LogP contribution in [0.2, 0.25) is 15.1 Å². The third-order valence-corrected chi connectivity index (χ3v) is 7.76. The first-order chi connectivity index (χ1) is 18.9. The fourth-order valence-electron chi connectivity index (χ4n) is 4.68. The molecule has 0 saturated carbocycles. The Morgan fingerprint density at radius 1 is 0.872 bits per heavy atom. The number of halogens is 3. The molecule has 1 N–H and O–H groups in total. The van der Waals surface area contributed by atoms with Crippen LogP contribution in [-0.4, -0.2) is 47.1 Å². The zero-order chi connectivity index (χ0) is 27.4. The number of hydrogen-bond donors (Lipinski definition) is 1. The molecule has 9 heteroatoms. The Kier molecular flexibility index (Phi) is 8.56. The van der Waals surface area contributed by atoms with Crippen LogP contribution >= 0.6 is 34.8 Å². The van der Waals surface area contributed by atoms with E-state index in [1.807, 2.05) is 66.4 Å². The highest BCUT2D eigenvalue weighted by molar-refractivity contribution is 6.42. The number of hydrogen-bond acceptors (Lipinski definition) is 4. The van der Waals surface area contributed by atoms with E-state index < -0.39 is 0 Å². The minimum Gasteiger partial charge on any atom is -0.354 e. The van der Waals surface area contributed by atoms with Crippen LogP contribution in [0.15, 0.2) is 72.8 Å². The summed E-state index contributed by atoms with van der Waals surface area (Å²) in [4.78, 5) is 27.1. The highest BCUT2D eigenvalue weighted by Crippen LogP contribution is 2.29. The van der Waals surface area contributed by atoms with E-state index in [1.165, 1.54) is 0 Å². The quantitative estimate of drug-likeness (QED) is 0.262. The van der Waals surface area contributed by atoms with Crippen LogP contribution in [0.5, 0.6) is 0 Å². The highest BCUT2D eigenvalue weighted by atomic mass is 35.5. The summed E-state index contributed by atoms with van der Waals surface area (Å²) in [5.41, 5.74) is 4.73. The van der Waals surface area contributed by atoms with Crippen molar-refractivity contribution in [1.82, 2.24) is 14.9 Å². The van der Waals surface area contributed by atoms with Crippen molar-refractivity contribution < 1.29 is 4.79 Å². The molecule has 1 aliphatic rings. The fraction of sp³-hybridized carbons (Fsp3) is 0.233. The molecule has 200 valence electrons. The second kappa shape index (κ2) is 12.2. The average molecular weight is 581 g/mol. The Morgan fingerprint density at radius 2 is 1.64 bits per heavy atom. The van der Waals surface area contributed by atoms with Gasteiger partial charge in [-0.25, -0.2) is 14.8 Å². The number of amides is 2. The summed E-state index contributed by atoms with van der Waals surface area (Å²) < 4.78 is 0. The van der Waals surface area contributed by atoms with E-state index in [0.717, 1.165) is 41.2 Å². The topological polar surface area (TPSA) is 61.4 Å². The van der Waals surface area contributed by atoms with Crippen molar-refractivity contribution in [1.29, 1.82) is 0 Å². The van der Waals surface area contributed by atoms with Gasteiger partial charge in [0.05, 0.1) is 10.0 Å². The second-order valence-corrected chi connectivity index (χ2v) is 10.7. The van der Waals surface area contributed by atoms with Gasteiger partial charge in [-0.3, -0.25) is 0 Å². The van der Waals surface area contributed by atoms with Crippen molar-refractivity contribution in [3.63, 3.8) is 0 Å². The van der Waals surface area contributed by atoms with Crippen LogP contribution < -0.4 is 10.2 Å². The molecule has 39 heavy (non-hydrogen) atoms. The minimum absolute atomic E-state index is 0.166. The summed E-state index contributed by atoms with van der Waals surface area (Å²) in [7, 11) is 0. The summed E-state index contributed by atoms with van der Waals surface area (Å²) >= 11 is 18.3. The molecule has 0 spiro atoms. The van der Waals surface area contributed by atoms with Crippen LogP contribution in [-0.2, 0) is 6.42 Å². The number of rotatable bonds is 5. The van der Waals surface area contributed by atoms with Gasteiger partial charge in [-0.1, -0.05) is 77.3 Å². The number of nitrogens with one attached hydrogen (secondary N) is 1. The minimum atomic E-state index is -0.166. The van der Waals surface area contributed by atoms with Gasteiger partial charge in [0.15, 0.2) is 5.82 Å². The Bertz CT molecular complexity index is 1460. The number of aryl methyl sites for hydroxylation is 1. The molecule has 1 aliphatic heterocycles. The Labute approximate surface area is 243 Å². The van der Waals surface area contributed by atoms with Gasteiger partial charge >= 0.3 is 6.03 Å². The molecule has 4 aromatic rings. The van der Waals surface area contributed by atoms with E-state index in [4.69, 9.17) is 44.8 Å². The van der Waals surface area contributed by atoms with Crippen molar-refractivity contribution in [2.24, 2.45) is 0 Å². The third-order valence-electron chi connectivity index (χ3n) is 6.77. The lowest BCUT2D eigenvalue weighted by atomic mass is 10.0. The van der Waals surface area contributed by atoms with Gasteiger partial charge in [0.1, 0.15) is 5.82 Å². The van der Waals surface area contributed by atoms with Gasteiger partial charge in [-0.2, -0.15) is 0 Å².